The number of aromatic hydroxyl groups is 1. The Bertz CT molecular complexity index is 2050. The van der Waals surface area contributed by atoms with Crippen molar-refractivity contribution >= 4 is 41.6 Å². The minimum atomic E-state index is -1.61. The topological polar surface area (TPSA) is 260 Å². The van der Waals surface area contributed by atoms with Crippen LogP contribution in [0.2, 0.25) is 0 Å². The molecule has 0 unspecified atom stereocenters. The number of ketones is 1. The summed E-state index contributed by atoms with van der Waals surface area (Å²) in [6, 6.07) is 20.2. The predicted molar refractivity (Wildman–Crippen MR) is 224 cm³/mol. The number of nitrogens with one attached hydrogen (secondary N) is 5. The molecule has 0 spiro atoms. The van der Waals surface area contributed by atoms with Gasteiger partial charge in [0.05, 0.1) is 19.1 Å². The number of amides is 4. The molecule has 18 nitrogen and oxygen atoms in total. The molecule has 62 heavy (non-hydrogen) atoms. The van der Waals surface area contributed by atoms with Gasteiger partial charge in [-0.15, -0.1) is 0 Å². The quantitative estimate of drug-likeness (QED) is 0.0417. The predicted octanol–water partition coefficient (Wildman–Crippen LogP) is 1.80. The Hall–Kier alpha value is -6.34. The molecule has 4 amide bonds. The molecule has 0 aromatic heterocycles. The van der Waals surface area contributed by atoms with Crippen molar-refractivity contribution in [3.8, 4) is 5.75 Å². The fraction of sp³-hybridized carbons (Fsp3) is 0.409. The third-order valence-electron chi connectivity index (χ3n) is 8.71. The summed E-state index contributed by atoms with van der Waals surface area (Å²) >= 11 is 0. The summed E-state index contributed by atoms with van der Waals surface area (Å²) < 4.78 is 22.9. The Labute approximate surface area is 359 Å². The van der Waals surface area contributed by atoms with E-state index in [0.717, 1.165) is 0 Å². The zero-order valence-electron chi connectivity index (χ0n) is 35.4. The monoisotopic (exact) mass is 861 g/mol. The molecule has 8 N–H and O–H groups in total. The number of hydrogen-bond donors (Lipinski definition) is 8. The number of aliphatic hydroxyl groups is 2. The highest BCUT2D eigenvalue weighted by molar-refractivity contribution is 6.09. The highest BCUT2D eigenvalue weighted by atomic mass is 16.7. The number of rotatable bonds is 17. The average molecular weight is 862 g/mol. The highest BCUT2D eigenvalue weighted by Gasteiger charge is 2.46. The Morgan fingerprint density at radius 1 is 0.677 bits per heavy atom. The second-order valence-corrected chi connectivity index (χ2v) is 16.3. The van der Waals surface area contributed by atoms with Crippen LogP contribution in [-0.4, -0.2) is 119 Å². The molecule has 0 saturated carbocycles. The first kappa shape index (κ1) is 48.3. The first-order chi connectivity index (χ1) is 29.2. The van der Waals surface area contributed by atoms with Gasteiger partial charge in [0.1, 0.15) is 41.8 Å². The lowest BCUT2D eigenvalue weighted by Gasteiger charge is -2.43. The van der Waals surface area contributed by atoms with Gasteiger partial charge in [0.2, 0.25) is 29.8 Å². The van der Waals surface area contributed by atoms with Crippen LogP contribution in [0.5, 0.6) is 5.75 Å². The Morgan fingerprint density at radius 2 is 1.23 bits per heavy atom. The van der Waals surface area contributed by atoms with E-state index in [9.17, 15) is 44.1 Å². The molecular weight excluding hydrogens is 807 g/mol. The molecule has 3 aromatic rings. The summed E-state index contributed by atoms with van der Waals surface area (Å²) in [6.45, 7) is 8.18. The lowest BCUT2D eigenvalue weighted by molar-refractivity contribution is -0.253. The molecule has 18 heteroatoms. The largest absolute Gasteiger partial charge is 0.508 e. The van der Waals surface area contributed by atoms with Crippen molar-refractivity contribution in [2.75, 3.05) is 26.2 Å². The molecule has 5 atom stereocenters. The number of carbonyl (C=O) groups is 6. The summed E-state index contributed by atoms with van der Waals surface area (Å²) in [5.41, 5.74) is 0.404. The van der Waals surface area contributed by atoms with Gasteiger partial charge in [0, 0.05) is 24.2 Å². The van der Waals surface area contributed by atoms with Crippen LogP contribution in [0.4, 0.5) is 4.79 Å². The first-order valence-electron chi connectivity index (χ1n) is 19.8. The molecule has 1 heterocycles. The van der Waals surface area contributed by atoms with Gasteiger partial charge in [0.25, 0.3) is 0 Å². The van der Waals surface area contributed by atoms with Crippen LogP contribution in [0.25, 0.3) is 6.08 Å². The molecule has 334 valence electrons. The van der Waals surface area contributed by atoms with Gasteiger partial charge in [-0.1, -0.05) is 66.7 Å². The van der Waals surface area contributed by atoms with Crippen LogP contribution in [0, 0.1) is 0 Å². The van der Waals surface area contributed by atoms with E-state index in [1.165, 1.54) is 30.3 Å². The SMILES string of the molecule is CC(C)(C)OC(=O)NCC(=O)NCC(=O)NCC(=O)NC[C@H]1O[C@@H](O/C(=C\c2ccc(O)cc2)C(=O)OC(C)(C)C)[C@H](NCc2ccc(C(=O)c3ccccc3)cc2)[C@@H](O)[C@H]1O. The number of phenolic OH excluding ortho intramolecular Hbond substituents is 1. The second-order valence-electron chi connectivity index (χ2n) is 16.3. The van der Waals surface area contributed by atoms with Crippen molar-refractivity contribution in [2.45, 2.75) is 89.9 Å². The van der Waals surface area contributed by atoms with Gasteiger partial charge in [-0.25, -0.2) is 9.59 Å². The van der Waals surface area contributed by atoms with Gasteiger partial charge in [-0.2, -0.15) is 0 Å². The molecule has 0 aliphatic carbocycles. The third-order valence-corrected chi connectivity index (χ3v) is 8.71. The zero-order chi connectivity index (χ0) is 45.6. The Balaban J connectivity index is 1.44. The number of esters is 1. The van der Waals surface area contributed by atoms with E-state index >= 15 is 0 Å². The van der Waals surface area contributed by atoms with Crippen LogP contribution in [0.1, 0.15) is 68.6 Å². The van der Waals surface area contributed by atoms with E-state index in [2.05, 4.69) is 26.6 Å². The molecular formula is C44H55N5O13. The number of ether oxygens (including phenoxy) is 4. The Morgan fingerprint density at radius 3 is 1.81 bits per heavy atom. The molecule has 4 rings (SSSR count). The van der Waals surface area contributed by atoms with Crippen LogP contribution < -0.4 is 26.6 Å². The minimum absolute atomic E-state index is 0.0164. The number of phenols is 1. The summed E-state index contributed by atoms with van der Waals surface area (Å²) in [4.78, 5) is 75.3. The van der Waals surface area contributed by atoms with Crippen molar-refractivity contribution in [1.29, 1.82) is 0 Å². The number of hydrogen-bond acceptors (Lipinski definition) is 14. The Kier molecular flexibility index (Phi) is 17.1. The van der Waals surface area contributed by atoms with Gasteiger partial charge < -0.3 is 60.9 Å². The fourth-order valence-corrected chi connectivity index (χ4v) is 5.73. The van der Waals surface area contributed by atoms with Gasteiger partial charge in [-0.3, -0.25) is 19.2 Å². The standard InChI is InChI=1S/C44H55N5O13/c1-43(2,3)61-40(57)31(20-26-14-18-30(50)19-15-26)59-41-36(48-21-27-12-16-29(17-13-27)37(54)28-10-8-7-9-11-28)39(56)38(55)32(60-41)22-45-33(51)23-46-34(52)24-47-35(53)25-49-42(58)62-44(4,5)6/h7-20,32,36,38-39,41,48,50,55-56H,21-25H2,1-6H3,(H,45,51)(H,46,52)(H,47,53)(H,49,58)/b31-20-/t32-,36-,38+,39-,41-/m1/s1. The summed E-state index contributed by atoms with van der Waals surface area (Å²) in [6.07, 6.45) is -5.46. The maximum atomic E-state index is 13.5. The number of alkyl carbamates (subject to hydrolysis) is 1. The van der Waals surface area contributed by atoms with Crippen molar-refractivity contribution in [3.63, 3.8) is 0 Å². The van der Waals surface area contributed by atoms with Crippen molar-refractivity contribution in [2.24, 2.45) is 0 Å². The zero-order valence-corrected chi connectivity index (χ0v) is 35.4. The number of benzene rings is 3. The second kappa shape index (κ2) is 22.0. The maximum Gasteiger partial charge on any atom is 0.408 e. The first-order valence-corrected chi connectivity index (χ1v) is 19.8. The van der Waals surface area contributed by atoms with Gasteiger partial charge >= 0.3 is 12.1 Å². The van der Waals surface area contributed by atoms with Gasteiger partial charge in [-0.05, 0) is 70.9 Å². The molecule has 1 fully saturated rings. The summed E-state index contributed by atoms with van der Waals surface area (Å²) in [7, 11) is 0. The normalized spacial score (nSPS) is 19.0. The molecule has 0 bridgehead atoms. The van der Waals surface area contributed by atoms with Crippen molar-refractivity contribution in [3.05, 3.63) is 107 Å². The molecule has 3 aromatic carbocycles. The average Bonchev–Trinajstić information content (AvgIpc) is 3.21. The van der Waals surface area contributed by atoms with Crippen LogP contribution in [0.15, 0.2) is 84.6 Å². The van der Waals surface area contributed by atoms with Gasteiger partial charge in [0.15, 0.2) is 5.78 Å². The van der Waals surface area contributed by atoms with Crippen molar-refractivity contribution in [1.82, 2.24) is 26.6 Å². The number of aliphatic hydroxyl groups excluding tert-OH is 2. The van der Waals surface area contributed by atoms with E-state index in [4.69, 9.17) is 18.9 Å². The van der Waals surface area contributed by atoms with Crippen LogP contribution >= 0.6 is 0 Å². The van der Waals surface area contributed by atoms with E-state index in [1.54, 1.807) is 90.1 Å². The third kappa shape index (κ3) is 15.9. The fourth-order valence-electron chi connectivity index (χ4n) is 5.73. The molecule has 0 radical (unpaired) electrons. The molecule has 1 saturated heterocycles. The summed E-state index contributed by atoms with van der Waals surface area (Å²) in [5.74, 6) is -3.51. The number of carbonyl (C=O) groups excluding carboxylic acids is 6. The van der Waals surface area contributed by atoms with E-state index in [0.29, 0.717) is 22.3 Å². The summed E-state index contributed by atoms with van der Waals surface area (Å²) in [5, 5.41) is 45.1. The maximum absolute atomic E-state index is 13.5. The minimum Gasteiger partial charge on any atom is -0.508 e. The van der Waals surface area contributed by atoms with E-state index in [1.807, 2.05) is 6.07 Å². The van der Waals surface area contributed by atoms with Crippen LogP contribution in [-0.2, 0) is 44.7 Å². The highest BCUT2D eigenvalue weighted by Crippen LogP contribution is 2.27. The van der Waals surface area contributed by atoms with Crippen LogP contribution in [0.3, 0.4) is 0 Å². The smallest absolute Gasteiger partial charge is 0.408 e. The van der Waals surface area contributed by atoms with Crippen molar-refractivity contribution < 1.29 is 63.0 Å². The molecule has 1 aliphatic heterocycles. The lowest BCUT2D eigenvalue weighted by atomic mass is 9.96. The van der Waals surface area contributed by atoms with E-state index in [-0.39, 0.29) is 30.4 Å². The molecule has 1 aliphatic rings. The lowest BCUT2D eigenvalue weighted by Crippen LogP contribution is -2.64. The van der Waals surface area contributed by atoms with E-state index < -0.39 is 91.3 Å².